The maximum absolute atomic E-state index is 10.7. The van der Waals surface area contributed by atoms with Gasteiger partial charge in [-0.2, -0.15) is 0 Å². The van der Waals surface area contributed by atoms with Crippen molar-refractivity contribution < 1.29 is 28.5 Å². The molecule has 1 heterocycles. The topological polar surface area (TPSA) is 114 Å². The van der Waals surface area contributed by atoms with E-state index in [0.29, 0.717) is 65.3 Å². The van der Waals surface area contributed by atoms with Gasteiger partial charge in [0.15, 0.2) is 0 Å². The van der Waals surface area contributed by atoms with Crippen LogP contribution in [0.25, 0.3) is 11.1 Å². The maximum atomic E-state index is 10.7. The summed E-state index contributed by atoms with van der Waals surface area (Å²) in [5, 5.41) is 3.69. The molecule has 254 valence electrons. The Hall–Kier alpha value is -3.60. The summed E-state index contributed by atoms with van der Waals surface area (Å²) in [6, 6.07) is 21.1. The second-order valence-electron chi connectivity index (χ2n) is 11.7. The molecule has 1 aromatic heterocycles. The lowest BCUT2D eigenvalue weighted by Gasteiger charge is -2.22. The molecule has 1 amide bonds. The molecule has 3 aromatic rings. The van der Waals surface area contributed by atoms with Crippen molar-refractivity contribution in [3.8, 4) is 17.0 Å². The fourth-order valence-electron chi connectivity index (χ4n) is 5.51. The molecule has 9 nitrogen and oxygen atoms in total. The molecule has 1 unspecified atom stereocenters. The fraction of sp³-hybridized carbons (Fsp3) is 0.474. The molecule has 0 saturated heterocycles. The molecule has 0 spiro atoms. The number of nitrogens with one attached hydrogen (secondary N) is 1. The Morgan fingerprint density at radius 3 is 2.23 bits per heavy atom. The van der Waals surface area contributed by atoms with Crippen molar-refractivity contribution >= 4 is 5.91 Å². The summed E-state index contributed by atoms with van der Waals surface area (Å²) in [7, 11) is 0. The van der Waals surface area contributed by atoms with Crippen LogP contribution in [-0.4, -0.2) is 70.3 Å². The Balaban J connectivity index is 1.17. The van der Waals surface area contributed by atoms with Gasteiger partial charge in [-0.3, -0.25) is 4.79 Å². The number of aromatic nitrogens is 1. The first kappa shape index (κ1) is 36.2. The van der Waals surface area contributed by atoms with Gasteiger partial charge in [0, 0.05) is 31.3 Å². The average Bonchev–Trinajstić information content (AvgIpc) is 3.10. The van der Waals surface area contributed by atoms with Gasteiger partial charge in [-0.05, 0) is 66.8 Å². The summed E-state index contributed by atoms with van der Waals surface area (Å²) in [5.74, 6) is 0.256. The van der Waals surface area contributed by atoms with Crippen molar-refractivity contribution in [2.45, 2.75) is 58.1 Å². The molecule has 9 heteroatoms. The first-order valence-corrected chi connectivity index (χ1v) is 16.8. The molecule has 1 aliphatic carbocycles. The first-order chi connectivity index (χ1) is 23.1. The van der Waals surface area contributed by atoms with E-state index in [0.717, 1.165) is 36.9 Å². The van der Waals surface area contributed by atoms with Crippen molar-refractivity contribution in [1.82, 2.24) is 10.3 Å². The SMILES string of the molecule is Cc1c(COc2ccc(C(CC3=CCCCC3)NCCOCCOCCOCCOCCC(N)=O)cn2)cccc1-c1ccccc1. The zero-order valence-electron chi connectivity index (χ0n) is 27.8. The average molecular weight is 646 g/mol. The maximum Gasteiger partial charge on any atom is 0.219 e. The smallest absolute Gasteiger partial charge is 0.219 e. The zero-order chi connectivity index (χ0) is 32.9. The van der Waals surface area contributed by atoms with Gasteiger partial charge in [0.05, 0.1) is 52.9 Å². The van der Waals surface area contributed by atoms with Gasteiger partial charge in [0.1, 0.15) is 6.61 Å². The Morgan fingerprint density at radius 1 is 0.851 bits per heavy atom. The van der Waals surface area contributed by atoms with E-state index in [1.807, 2.05) is 18.3 Å². The molecule has 0 radical (unpaired) electrons. The third-order valence-corrected chi connectivity index (χ3v) is 8.17. The summed E-state index contributed by atoms with van der Waals surface area (Å²) in [6.07, 6.45) is 10.4. The highest BCUT2D eigenvalue weighted by Crippen LogP contribution is 2.29. The predicted octanol–water partition coefficient (Wildman–Crippen LogP) is 6.10. The van der Waals surface area contributed by atoms with Crippen LogP contribution in [0.5, 0.6) is 5.88 Å². The number of amides is 1. The molecule has 1 aliphatic rings. The number of ether oxygens (including phenoxy) is 5. The van der Waals surface area contributed by atoms with Crippen LogP contribution in [0.2, 0.25) is 0 Å². The van der Waals surface area contributed by atoms with Gasteiger partial charge >= 0.3 is 0 Å². The highest BCUT2D eigenvalue weighted by Gasteiger charge is 2.16. The van der Waals surface area contributed by atoms with Crippen LogP contribution in [0.15, 0.2) is 78.5 Å². The van der Waals surface area contributed by atoms with Gasteiger partial charge in [-0.25, -0.2) is 4.98 Å². The number of nitrogens with zero attached hydrogens (tertiary/aromatic N) is 1. The lowest BCUT2D eigenvalue weighted by Crippen LogP contribution is -2.26. The van der Waals surface area contributed by atoms with Gasteiger partial charge in [0.2, 0.25) is 11.8 Å². The quantitative estimate of drug-likeness (QED) is 0.0940. The van der Waals surface area contributed by atoms with Crippen LogP contribution in [0, 0.1) is 6.92 Å². The third kappa shape index (κ3) is 13.6. The lowest BCUT2D eigenvalue weighted by atomic mass is 9.92. The number of carbonyl (C=O) groups excluding carboxylic acids is 1. The Bertz CT molecular complexity index is 1350. The van der Waals surface area contributed by atoms with Crippen LogP contribution in [-0.2, 0) is 30.3 Å². The predicted molar refractivity (Wildman–Crippen MR) is 184 cm³/mol. The summed E-state index contributed by atoms with van der Waals surface area (Å²) >= 11 is 0. The van der Waals surface area contributed by atoms with Gasteiger partial charge < -0.3 is 34.7 Å². The van der Waals surface area contributed by atoms with Crippen LogP contribution >= 0.6 is 0 Å². The molecule has 0 fully saturated rings. The van der Waals surface area contributed by atoms with E-state index < -0.39 is 0 Å². The van der Waals surface area contributed by atoms with Crippen molar-refractivity contribution in [3.63, 3.8) is 0 Å². The first-order valence-electron chi connectivity index (χ1n) is 16.8. The lowest BCUT2D eigenvalue weighted by molar-refractivity contribution is -0.119. The van der Waals surface area contributed by atoms with Crippen LogP contribution in [0.3, 0.4) is 0 Å². The van der Waals surface area contributed by atoms with E-state index in [2.05, 4.69) is 71.8 Å². The number of pyridine rings is 1. The number of benzene rings is 2. The summed E-state index contributed by atoms with van der Waals surface area (Å²) in [6.45, 7) is 7.16. The van der Waals surface area contributed by atoms with E-state index >= 15 is 0 Å². The molecule has 3 N–H and O–H groups in total. The molecular formula is C38H51N3O6. The zero-order valence-corrected chi connectivity index (χ0v) is 27.8. The number of rotatable bonds is 23. The van der Waals surface area contributed by atoms with E-state index in [9.17, 15) is 4.79 Å². The van der Waals surface area contributed by atoms with Crippen LogP contribution in [0.1, 0.15) is 61.3 Å². The molecule has 2 aromatic carbocycles. The molecule has 0 aliphatic heterocycles. The summed E-state index contributed by atoms with van der Waals surface area (Å²) in [5.41, 5.74) is 12.5. The highest BCUT2D eigenvalue weighted by atomic mass is 16.6. The fourth-order valence-corrected chi connectivity index (χ4v) is 5.51. The number of hydrogen-bond acceptors (Lipinski definition) is 8. The van der Waals surface area contributed by atoms with E-state index in [-0.39, 0.29) is 18.4 Å². The van der Waals surface area contributed by atoms with Crippen molar-refractivity contribution in [2.75, 3.05) is 59.4 Å². The highest BCUT2D eigenvalue weighted by molar-refractivity contribution is 5.73. The molecule has 0 saturated carbocycles. The van der Waals surface area contributed by atoms with Crippen LogP contribution < -0.4 is 15.8 Å². The molecule has 4 rings (SSSR count). The number of allylic oxidation sites excluding steroid dienone is 1. The Kier molecular flexibility index (Phi) is 16.4. The van der Waals surface area contributed by atoms with Gasteiger partial charge in [-0.1, -0.05) is 66.2 Å². The minimum Gasteiger partial charge on any atom is -0.473 e. The van der Waals surface area contributed by atoms with Crippen molar-refractivity contribution in [1.29, 1.82) is 0 Å². The van der Waals surface area contributed by atoms with Gasteiger partial charge in [-0.15, -0.1) is 0 Å². The van der Waals surface area contributed by atoms with E-state index in [1.165, 1.54) is 35.1 Å². The normalized spacial score (nSPS) is 13.7. The van der Waals surface area contributed by atoms with E-state index in [1.54, 1.807) is 0 Å². The van der Waals surface area contributed by atoms with Gasteiger partial charge in [0.25, 0.3) is 0 Å². The Morgan fingerprint density at radius 2 is 1.57 bits per heavy atom. The Labute approximate surface area is 279 Å². The van der Waals surface area contributed by atoms with Crippen molar-refractivity contribution in [3.05, 3.63) is 95.2 Å². The number of carbonyl (C=O) groups is 1. The monoisotopic (exact) mass is 645 g/mol. The van der Waals surface area contributed by atoms with E-state index in [4.69, 9.17) is 29.4 Å². The second-order valence-corrected chi connectivity index (χ2v) is 11.7. The largest absolute Gasteiger partial charge is 0.473 e. The summed E-state index contributed by atoms with van der Waals surface area (Å²) < 4.78 is 28.2. The molecule has 47 heavy (non-hydrogen) atoms. The molecular weight excluding hydrogens is 594 g/mol. The number of primary amides is 1. The number of nitrogens with two attached hydrogens (primary N) is 1. The minimum absolute atomic E-state index is 0.155. The molecule has 1 atom stereocenters. The second kappa shape index (κ2) is 21.3. The molecule has 0 bridgehead atoms. The van der Waals surface area contributed by atoms with Crippen molar-refractivity contribution in [2.24, 2.45) is 5.73 Å². The summed E-state index contributed by atoms with van der Waals surface area (Å²) in [4.78, 5) is 15.3. The third-order valence-electron chi connectivity index (χ3n) is 8.17. The standard InChI is InChI=1S/C38H51N3O6/c1-30-34(13-8-14-35(30)32-11-6-3-7-12-32)29-47-38-16-15-33(28-41-38)36(27-31-9-4-2-5-10-31)40-18-20-44-22-24-46-26-25-45-23-21-43-19-17-37(39)42/h3,6-9,11-16,28,36,40H,2,4-5,10,17-27,29H2,1H3,(H2,39,42). The van der Waals surface area contributed by atoms with Crippen LogP contribution in [0.4, 0.5) is 0 Å². The minimum atomic E-state index is -0.365. The number of hydrogen-bond donors (Lipinski definition) is 2.